The van der Waals surface area contributed by atoms with Gasteiger partial charge in [-0.2, -0.15) is 0 Å². The van der Waals surface area contributed by atoms with Gasteiger partial charge in [0.2, 0.25) is 0 Å². The zero-order chi connectivity index (χ0) is 36.1. The lowest BCUT2D eigenvalue weighted by Crippen LogP contribution is -2.15. The smallest absolute Gasteiger partial charge is 0.305 e. The summed E-state index contributed by atoms with van der Waals surface area (Å²) in [6.45, 7) is 15.0. The summed E-state index contributed by atoms with van der Waals surface area (Å²) in [5, 5.41) is 0. The SMILES string of the molecule is CCCCCCCCCCCCCCCC(=O)OCCOCCOCCOCCOCCOCCOCCOCCOCCOCCOCC. The molecule has 0 saturated carbocycles. The van der Waals surface area contributed by atoms with E-state index in [-0.39, 0.29) is 5.97 Å². The zero-order valence-electron chi connectivity index (χ0n) is 32.1. The van der Waals surface area contributed by atoms with Gasteiger partial charge < -0.3 is 52.1 Å². The lowest BCUT2D eigenvalue weighted by atomic mass is 10.0. The molecule has 0 aliphatic carbocycles. The fourth-order valence-corrected chi connectivity index (χ4v) is 4.70. The van der Waals surface area contributed by atoms with E-state index in [1.165, 1.54) is 70.6 Å². The van der Waals surface area contributed by atoms with Crippen molar-refractivity contribution in [3.05, 3.63) is 0 Å². The molecule has 0 rings (SSSR count). The first kappa shape index (κ1) is 49.1. The predicted octanol–water partition coefficient (Wildman–Crippen LogP) is 6.20. The van der Waals surface area contributed by atoms with E-state index in [2.05, 4.69) is 6.92 Å². The quantitative estimate of drug-likeness (QED) is 0.0526. The molecule has 0 N–H and O–H groups in total. The van der Waals surface area contributed by atoms with Crippen molar-refractivity contribution < 1.29 is 56.9 Å². The standard InChI is InChI=1S/C38H76O12/c1-3-5-6-7-8-9-10-11-12-13-14-15-16-17-38(39)50-37-36-49-35-34-48-33-32-47-31-30-46-29-28-45-27-26-44-25-24-43-23-22-42-21-20-41-19-18-40-4-2/h3-37H2,1-2H3. The van der Waals surface area contributed by atoms with Crippen LogP contribution in [0.3, 0.4) is 0 Å². The second kappa shape index (κ2) is 46.1. The molecule has 0 aliphatic rings. The van der Waals surface area contributed by atoms with Gasteiger partial charge in [0.1, 0.15) is 6.61 Å². The third kappa shape index (κ3) is 45.1. The number of unbranched alkanes of at least 4 members (excludes halogenated alkanes) is 12. The summed E-state index contributed by atoms with van der Waals surface area (Å²) in [6, 6.07) is 0. The lowest BCUT2D eigenvalue weighted by molar-refractivity contribution is -0.145. The van der Waals surface area contributed by atoms with Crippen LogP contribution in [-0.4, -0.2) is 145 Å². The molecule has 0 bridgehead atoms. The molecule has 12 heteroatoms. The Morgan fingerprint density at radius 1 is 0.300 bits per heavy atom. The van der Waals surface area contributed by atoms with Crippen molar-refractivity contribution in [1.29, 1.82) is 0 Å². The van der Waals surface area contributed by atoms with Crippen molar-refractivity contribution in [1.82, 2.24) is 0 Å². The third-order valence-electron chi connectivity index (χ3n) is 7.53. The number of hydrogen-bond acceptors (Lipinski definition) is 12. The Kier molecular flexibility index (Phi) is 45.2. The summed E-state index contributed by atoms with van der Waals surface area (Å²) in [5.41, 5.74) is 0. The largest absolute Gasteiger partial charge is 0.463 e. The first-order valence-corrected chi connectivity index (χ1v) is 19.7. The summed E-state index contributed by atoms with van der Waals surface area (Å²) in [5.74, 6) is -0.130. The van der Waals surface area contributed by atoms with E-state index in [0.717, 1.165) is 12.8 Å². The highest BCUT2D eigenvalue weighted by Gasteiger charge is 2.03. The minimum atomic E-state index is -0.130. The summed E-state index contributed by atoms with van der Waals surface area (Å²) in [7, 11) is 0. The Labute approximate surface area is 305 Å². The van der Waals surface area contributed by atoms with Gasteiger partial charge >= 0.3 is 5.97 Å². The molecule has 0 atom stereocenters. The van der Waals surface area contributed by atoms with E-state index >= 15 is 0 Å². The Morgan fingerprint density at radius 3 is 0.820 bits per heavy atom. The second-order valence-corrected chi connectivity index (χ2v) is 11.9. The molecule has 0 heterocycles. The van der Waals surface area contributed by atoms with Crippen molar-refractivity contribution in [3.63, 3.8) is 0 Å². The molecule has 0 aliphatic heterocycles. The van der Waals surface area contributed by atoms with Crippen LogP contribution in [-0.2, 0) is 56.9 Å². The van der Waals surface area contributed by atoms with E-state index in [9.17, 15) is 4.79 Å². The number of carbonyl (C=O) groups excluding carboxylic acids is 1. The van der Waals surface area contributed by atoms with Gasteiger partial charge in [0, 0.05) is 13.0 Å². The van der Waals surface area contributed by atoms with Crippen molar-refractivity contribution in [3.8, 4) is 0 Å². The van der Waals surface area contributed by atoms with Gasteiger partial charge in [-0.05, 0) is 13.3 Å². The van der Waals surface area contributed by atoms with Crippen molar-refractivity contribution in [2.24, 2.45) is 0 Å². The van der Waals surface area contributed by atoms with Crippen LogP contribution in [0.25, 0.3) is 0 Å². The summed E-state index contributed by atoms with van der Waals surface area (Å²) < 4.78 is 59.6. The molecule has 0 radical (unpaired) electrons. The number of esters is 1. The van der Waals surface area contributed by atoms with Gasteiger partial charge in [-0.25, -0.2) is 0 Å². The highest BCUT2D eigenvalue weighted by atomic mass is 16.6. The van der Waals surface area contributed by atoms with Crippen LogP contribution in [0.4, 0.5) is 0 Å². The van der Waals surface area contributed by atoms with Gasteiger partial charge in [-0.3, -0.25) is 4.79 Å². The maximum atomic E-state index is 11.9. The van der Waals surface area contributed by atoms with Crippen LogP contribution in [0.1, 0.15) is 104 Å². The minimum Gasteiger partial charge on any atom is -0.463 e. The molecule has 0 amide bonds. The lowest BCUT2D eigenvalue weighted by Gasteiger charge is -2.09. The van der Waals surface area contributed by atoms with Crippen molar-refractivity contribution in [2.45, 2.75) is 104 Å². The highest BCUT2D eigenvalue weighted by Crippen LogP contribution is 2.13. The molecule has 300 valence electrons. The maximum absolute atomic E-state index is 11.9. The van der Waals surface area contributed by atoms with E-state index in [1.807, 2.05) is 6.92 Å². The molecule has 0 aromatic heterocycles. The Bertz CT molecular complexity index is 629. The van der Waals surface area contributed by atoms with Gasteiger partial charge in [0.15, 0.2) is 0 Å². The average molecular weight is 725 g/mol. The van der Waals surface area contributed by atoms with Crippen molar-refractivity contribution >= 4 is 5.97 Å². The first-order chi connectivity index (χ1) is 24.8. The maximum Gasteiger partial charge on any atom is 0.305 e. The Morgan fingerprint density at radius 2 is 0.540 bits per heavy atom. The van der Waals surface area contributed by atoms with E-state index in [0.29, 0.717) is 145 Å². The Balaban J connectivity index is 3.12. The normalized spacial score (nSPS) is 11.5. The molecule has 12 nitrogen and oxygen atoms in total. The molecule has 0 unspecified atom stereocenters. The predicted molar refractivity (Wildman–Crippen MR) is 195 cm³/mol. The highest BCUT2D eigenvalue weighted by molar-refractivity contribution is 5.69. The monoisotopic (exact) mass is 725 g/mol. The molecular weight excluding hydrogens is 648 g/mol. The van der Waals surface area contributed by atoms with E-state index < -0.39 is 0 Å². The second-order valence-electron chi connectivity index (χ2n) is 11.9. The first-order valence-electron chi connectivity index (χ1n) is 19.7. The number of hydrogen-bond donors (Lipinski definition) is 0. The van der Waals surface area contributed by atoms with Gasteiger partial charge in [-0.15, -0.1) is 0 Å². The van der Waals surface area contributed by atoms with Crippen LogP contribution in [0.2, 0.25) is 0 Å². The molecular formula is C38H76O12. The molecule has 0 saturated heterocycles. The van der Waals surface area contributed by atoms with Crippen LogP contribution in [0.5, 0.6) is 0 Å². The molecule has 0 spiro atoms. The van der Waals surface area contributed by atoms with Gasteiger partial charge in [0.25, 0.3) is 0 Å². The molecule has 50 heavy (non-hydrogen) atoms. The van der Waals surface area contributed by atoms with Crippen LogP contribution in [0.15, 0.2) is 0 Å². The van der Waals surface area contributed by atoms with Crippen LogP contribution in [0, 0.1) is 0 Å². The summed E-state index contributed by atoms with van der Waals surface area (Å²) >= 11 is 0. The van der Waals surface area contributed by atoms with Gasteiger partial charge in [-0.1, -0.05) is 84.0 Å². The summed E-state index contributed by atoms with van der Waals surface area (Å²) in [4.78, 5) is 11.9. The van der Waals surface area contributed by atoms with E-state index in [4.69, 9.17) is 52.1 Å². The van der Waals surface area contributed by atoms with E-state index in [1.54, 1.807) is 0 Å². The molecule has 0 fully saturated rings. The zero-order valence-corrected chi connectivity index (χ0v) is 32.1. The van der Waals surface area contributed by atoms with Gasteiger partial charge in [0.05, 0.1) is 126 Å². The van der Waals surface area contributed by atoms with Crippen LogP contribution >= 0.6 is 0 Å². The summed E-state index contributed by atoms with van der Waals surface area (Å²) in [6.07, 6.45) is 17.3. The number of ether oxygens (including phenoxy) is 11. The van der Waals surface area contributed by atoms with Crippen LogP contribution < -0.4 is 0 Å². The average Bonchev–Trinajstić information content (AvgIpc) is 3.12. The topological polar surface area (TPSA) is 119 Å². The molecule has 0 aromatic rings. The van der Waals surface area contributed by atoms with Crippen molar-refractivity contribution in [2.75, 3.05) is 139 Å². The fraction of sp³-hybridized carbons (Fsp3) is 0.974. The Hall–Kier alpha value is -0.930. The third-order valence-corrected chi connectivity index (χ3v) is 7.53. The fourth-order valence-electron chi connectivity index (χ4n) is 4.70. The molecule has 0 aromatic carbocycles. The number of carbonyl (C=O) groups is 1. The number of rotatable bonds is 45. The minimum absolute atomic E-state index is 0.130.